The van der Waals surface area contributed by atoms with Gasteiger partial charge in [0.25, 0.3) is 5.91 Å². The van der Waals surface area contributed by atoms with Crippen LogP contribution in [0.5, 0.6) is 11.5 Å². The predicted molar refractivity (Wildman–Crippen MR) is 103 cm³/mol. The van der Waals surface area contributed by atoms with Crippen molar-refractivity contribution >= 4 is 17.4 Å². The number of nitrogens with one attached hydrogen (secondary N) is 2. The first-order valence-corrected chi connectivity index (χ1v) is 8.20. The molecule has 0 unspecified atom stereocenters. The van der Waals surface area contributed by atoms with Crippen molar-refractivity contribution in [2.24, 2.45) is 0 Å². The predicted octanol–water partition coefficient (Wildman–Crippen LogP) is 4.53. The first kappa shape index (κ1) is 17.2. The molecule has 0 spiro atoms. The maximum Gasteiger partial charge on any atom is 0.251 e. The van der Waals surface area contributed by atoms with E-state index >= 15 is 0 Å². The second-order valence-electron chi connectivity index (χ2n) is 5.49. The molecular weight excluding hydrogens is 326 g/mol. The average Bonchev–Trinajstić information content (AvgIpc) is 2.69. The van der Waals surface area contributed by atoms with Crippen molar-refractivity contribution in [3.63, 3.8) is 0 Å². The number of carbonyl (C=O) groups is 1. The molecule has 0 aliphatic rings. The van der Waals surface area contributed by atoms with E-state index in [4.69, 9.17) is 4.74 Å². The number of rotatable bonds is 7. The normalized spacial score (nSPS) is 10.0. The summed E-state index contributed by atoms with van der Waals surface area (Å²) >= 11 is 0. The Morgan fingerprint density at radius 3 is 2.50 bits per heavy atom. The van der Waals surface area contributed by atoms with E-state index < -0.39 is 0 Å². The summed E-state index contributed by atoms with van der Waals surface area (Å²) in [5.41, 5.74) is 1.38. The highest BCUT2D eigenvalue weighted by Gasteiger charge is 2.06. The van der Waals surface area contributed by atoms with E-state index in [1.165, 1.54) is 0 Å². The molecule has 1 aromatic heterocycles. The monoisotopic (exact) mass is 345 g/mol. The quantitative estimate of drug-likeness (QED) is 0.617. The second kappa shape index (κ2) is 8.48. The molecule has 130 valence electrons. The lowest BCUT2D eigenvalue weighted by Gasteiger charge is -2.09. The van der Waals surface area contributed by atoms with Crippen molar-refractivity contribution in [1.82, 2.24) is 10.3 Å². The van der Waals surface area contributed by atoms with Crippen LogP contribution >= 0.6 is 0 Å². The summed E-state index contributed by atoms with van der Waals surface area (Å²) in [6, 6.07) is 20.5. The molecule has 1 heterocycles. The van der Waals surface area contributed by atoms with Gasteiger partial charge in [0.05, 0.1) is 0 Å². The molecule has 2 N–H and O–H groups in total. The Kier molecular flexibility index (Phi) is 5.62. The lowest BCUT2D eigenvalue weighted by molar-refractivity contribution is 0.0958. The van der Waals surface area contributed by atoms with E-state index in [1.807, 2.05) is 54.6 Å². The second-order valence-corrected chi connectivity index (χ2v) is 5.49. The van der Waals surface area contributed by atoms with Crippen molar-refractivity contribution in [3.8, 4) is 11.5 Å². The Balaban J connectivity index is 1.65. The van der Waals surface area contributed by atoms with Gasteiger partial charge in [-0.3, -0.25) is 4.79 Å². The summed E-state index contributed by atoms with van der Waals surface area (Å²) in [4.78, 5) is 16.2. The fourth-order valence-corrected chi connectivity index (χ4v) is 2.29. The summed E-state index contributed by atoms with van der Waals surface area (Å²) in [5, 5.41) is 5.92. The molecule has 5 heteroatoms. The van der Waals surface area contributed by atoms with E-state index in [0.717, 1.165) is 17.2 Å². The summed E-state index contributed by atoms with van der Waals surface area (Å²) in [7, 11) is 0. The summed E-state index contributed by atoms with van der Waals surface area (Å²) < 4.78 is 5.77. The van der Waals surface area contributed by atoms with Gasteiger partial charge in [0.1, 0.15) is 17.3 Å². The maximum atomic E-state index is 12.0. The van der Waals surface area contributed by atoms with Crippen molar-refractivity contribution in [3.05, 3.63) is 91.1 Å². The standard InChI is InChI=1S/C21H19N3O2/c1-2-13-23-21(25)16-12-14-22-20(15-16)24-17-8-10-19(11-9-17)26-18-6-4-3-5-7-18/h2-12,14-15H,1,13H2,(H,22,24)(H,23,25). The Bertz CT molecular complexity index is 877. The number of benzene rings is 2. The molecule has 5 nitrogen and oxygen atoms in total. The van der Waals surface area contributed by atoms with Crippen LogP contribution in [0, 0.1) is 0 Å². The van der Waals surface area contributed by atoms with E-state index in [9.17, 15) is 4.79 Å². The van der Waals surface area contributed by atoms with Gasteiger partial charge < -0.3 is 15.4 Å². The number of para-hydroxylation sites is 1. The van der Waals surface area contributed by atoms with Gasteiger partial charge in [0.2, 0.25) is 0 Å². The average molecular weight is 345 g/mol. The molecular formula is C21H19N3O2. The third-order valence-corrected chi connectivity index (χ3v) is 3.53. The number of hydrogen-bond donors (Lipinski definition) is 2. The van der Waals surface area contributed by atoms with Gasteiger partial charge in [0.15, 0.2) is 0 Å². The van der Waals surface area contributed by atoms with E-state index in [0.29, 0.717) is 17.9 Å². The van der Waals surface area contributed by atoms with Crippen LogP contribution < -0.4 is 15.4 Å². The summed E-state index contributed by atoms with van der Waals surface area (Å²) in [6.07, 6.45) is 3.23. The van der Waals surface area contributed by atoms with Crippen LogP contribution in [0.1, 0.15) is 10.4 Å². The number of aromatic nitrogens is 1. The molecule has 0 radical (unpaired) electrons. The van der Waals surface area contributed by atoms with E-state index in [-0.39, 0.29) is 5.91 Å². The molecule has 26 heavy (non-hydrogen) atoms. The van der Waals surface area contributed by atoms with E-state index in [1.54, 1.807) is 24.4 Å². The van der Waals surface area contributed by atoms with Gasteiger partial charge in [-0.1, -0.05) is 24.3 Å². The first-order chi connectivity index (χ1) is 12.7. The smallest absolute Gasteiger partial charge is 0.251 e. The minimum absolute atomic E-state index is 0.165. The van der Waals surface area contributed by atoms with Crippen molar-refractivity contribution in [2.75, 3.05) is 11.9 Å². The first-order valence-electron chi connectivity index (χ1n) is 8.20. The van der Waals surface area contributed by atoms with Crippen LogP contribution in [-0.4, -0.2) is 17.4 Å². The zero-order valence-electron chi connectivity index (χ0n) is 14.2. The minimum Gasteiger partial charge on any atom is -0.457 e. The largest absolute Gasteiger partial charge is 0.457 e. The third kappa shape index (κ3) is 4.70. The highest BCUT2D eigenvalue weighted by atomic mass is 16.5. The molecule has 0 saturated carbocycles. The van der Waals surface area contributed by atoms with Crippen LogP contribution in [0.15, 0.2) is 85.6 Å². The Morgan fingerprint density at radius 2 is 1.77 bits per heavy atom. The van der Waals surface area contributed by atoms with Crippen LogP contribution in [0.25, 0.3) is 0 Å². The topological polar surface area (TPSA) is 63.2 Å². The van der Waals surface area contributed by atoms with E-state index in [2.05, 4.69) is 22.2 Å². The number of amides is 1. The fourth-order valence-electron chi connectivity index (χ4n) is 2.29. The molecule has 2 aromatic carbocycles. The Labute approximate surface area is 152 Å². The molecule has 1 amide bonds. The molecule has 3 rings (SSSR count). The van der Waals surface area contributed by atoms with Crippen LogP contribution in [0.3, 0.4) is 0 Å². The molecule has 0 aliphatic heterocycles. The van der Waals surface area contributed by atoms with Gasteiger partial charge in [-0.25, -0.2) is 4.98 Å². The van der Waals surface area contributed by atoms with Crippen molar-refractivity contribution < 1.29 is 9.53 Å². The number of anilines is 2. The Morgan fingerprint density at radius 1 is 1.04 bits per heavy atom. The van der Waals surface area contributed by atoms with Gasteiger partial charge in [-0.15, -0.1) is 6.58 Å². The SMILES string of the molecule is C=CCNC(=O)c1ccnc(Nc2ccc(Oc3ccccc3)cc2)c1. The number of carbonyl (C=O) groups excluding carboxylic acids is 1. The van der Waals surface area contributed by atoms with Gasteiger partial charge in [-0.05, 0) is 48.5 Å². The summed E-state index contributed by atoms with van der Waals surface area (Å²) in [5.74, 6) is 1.95. The minimum atomic E-state index is -0.165. The van der Waals surface area contributed by atoms with Crippen LogP contribution in [0.4, 0.5) is 11.5 Å². The summed E-state index contributed by atoms with van der Waals surface area (Å²) in [6.45, 7) is 4.01. The lowest BCUT2D eigenvalue weighted by atomic mass is 10.2. The highest BCUT2D eigenvalue weighted by Crippen LogP contribution is 2.24. The van der Waals surface area contributed by atoms with Crippen LogP contribution in [0.2, 0.25) is 0 Å². The molecule has 0 atom stereocenters. The van der Waals surface area contributed by atoms with Gasteiger partial charge in [-0.2, -0.15) is 0 Å². The number of pyridine rings is 1. The number of nitrogens with zero attached hydrogens (tertiary/aromatic N) is 1. The Hall–Kier alpha value is -3.60. The maximum absolute atomic E-state index is 12.0. The molecule has 0 aliphatic carbocycles. The molecule has 0 fully saturated rings. The third-order valence-electron chi connectivity index (χ3n) is 3.53. The van der Waals surface area contributed by atoms with Gasteiger partial charge >= 0.3 is 0 Å². The lowest BCUT2D eigenvalue weighted by Crippen LogP contribution is -2.23. The zero-order valence-corrected chi connectivity index (χ0v) is 14.2. The molecule has 3 aromatic rings. The molecule has 0 bridgehead atoms. The number of hydrogen-bond acceptors (Lipinski definition) is 4. The zero-order chi connectivity index (χ0) is 18.2. The van der Waals surface area contributed by atoms with Crippen LogP contribution in [-0.2, 0) is 0 Å². The molecule has 0 saturated heterocycles. The number of ether oxygens (including phenoxy) is 1. The fraction of sp³-hybridized carbons (Fsp3) is 0.0476. The van der Waals surface area contributed by atoms with Crippen molar-refractivity contribution in [2.45, 2.75) is 0 Å². The van der Waals surface area contributed by atoms with Gasteiger partial charge in [0, 0.05) is 24.0 Å². The highest BCUT2D eigenvalue weighted by molar-refractivity contribution is 5.95. The van der Waals surface area contributed by atoms with Crippen molar-refractivity contribution in [1.29, 1.82) is 0 Å².